The van der Waals surface area contributed by atoms with Crippen molar-refractivity contribution in [2.75, 3.05) is 19.8 Å². The molecule has 1 N–H and O–H groups in total. The Bertz CT molecular complexity index is 850. The van der Waals surface area contributed by atoms with Crippen molar-refractivity contribution >= 4 is 28.9 Å². The summed E-state index contributed by atoms with van der Waals surface area (Å²) in [6, 6.07) is 10.6. The van der Waals surface area contributed by atoms with Gasteiger partial charge in [-0.15, -0.1) is 0 Å². The molecule has 1 unspecified atom stereocenters. The molecular weight excluding hydrogens is 406 g/mol. The van der Waals surface area contributed by atoms with E-state index in [9.17, 15) is 4.79 Å². The smallest absolute Gasteiger partial charge is 0.246 e. The second-order valence-corrected chi connectivity index (χ2v) is 11.0. The Hall–Kier alpha value is -1.79. The Morgan fingerprint density at radius 3 is 2.71 bits per heavy atom. The Balaban J connectivity index is 1.13. The van der Waals surface area contributed by atoms with Crippen LogP contribution in [0.3, 0.4) is 0 Å². The molecule has 5 nitrogen and oxygen atoms in total. The maximum absolute atomic E-state index is 12.6. The number of amides is 1. The molecule has 1 aromatic carbocycles. The molecule has 3 fully saturated rings. The number of hydrogen-bond acceptors (Lipinski definition) is 5. The summed E-state index contributed by atoms with van der Waals surface area (Å²) >= 11 is 1.77. The predicted octanol–water partition coefficient (Wildman–Crippen LogP) is 4.51. The first-order valence-corrected chi connectivity index (χ1v) is 12.6. The van der Waals surface area contributed by atoms with Crippen LogP contribution in [0.5, 0.6) is 0 Å². The lowest BCUT2D eigenvalue weighted by atomic mass is 9.91. The first-order valence-electron chi connectivity index (χ1n) is 11.7. The van der Waals surface area contributed by atoms with E-state index >= 15 is 0 Å². The number of nitrogens with one attached hydrogen (secondary N) is 1. The van der Waals surface area contributed by atoms with Crippen LogP contribution in [0.2, 0.25) is 0 Å². The zero-order chi connectivity index (χ0) is 21.3. The summed E-state index contributed by atoms with van der Waals surface area (Å²) in [4.78, 5) is 19.0. The van der Waals surface area contributed by atoms with Gasteiger partial charge in [-0.05, 0) is 62.5 Å². The zero-order valence-electron chi connectivity index (χ0n) is 18.3. The van der Waals surface area contributed by atoms with Gasteiger partial charge in [-0.3, -0.25) is 4.79 Å². The number of fused-ring (bicyclic) bond motifs is 2. The van der Waals surface area contributed by atoms with Crippen molar-refractivity contribution in [3.8, 4) is 0 Å². The van der Waals surface area contributed by atoms with Crippen molar-refractivity contribution in [2.24, 2.45) is 22.7 Å². The molecule has 1 amide bonds. The highest BCUT2D eigenvalue weighted by atomic mass is 32.2. The average Bonchev–Trinajstić information content (AvgIpc) is 3.42. The minimum atomic E-state index is -0.267. The molecule has 31 heavy (non-hydrogen) atoms. The molecule has 2 saturated carbocycles. The third kappa shape index (κ3) is 4.70. The number of benzene rings is 1. The maximum atomic E-state index is 12.6. The van der Waals surface area contributed by atoms with Crippen LogP contribution in [-0.4, -0.2) is 46.8 Å². The highest BCUT2D eigenvalue weighted by Crippen LogP contribution is 2.46. The normalized spacial score (nSPS) is 33.6. The van der Waals surface area contributed by atoms with Crippen molar-refractivity contribution in [3.05, 3.63) is 42.0 Å². The van der Waals surface area contributed by atoms with Crippen molar-refractivity contribution in [3.63, 3.8) is 0 Å². The number of ether oxygens (including phenoxy) is 1. The quantitative estimate of drug-likeness (QED) is 0.702. The zero-order valence-corrected chi connectivity index (χ0v) is 19.2. The van der Waals surface area contributed by atoms with Gasteiger partial charge in [0.15, 0.2) is 5.17 Å². The minimum Gasteiger partial charge on any atom is -0.362 e. The van der Waals surface area contributed by atoms with Gasteiger partial charge in [-0.1, -0.05) is 48.5 Å². The van der Waals surface area contributed by atoms with Crippen LogP contribution in [0.25, 0.3) is 6.08 Å². The Morgan fingerprint density at radius 2 is 2.00 bits per heavy atom. The number of rotatable bonds is 4. The molecule has 2 aliphatic carbocycles. The minimum absolute atomic E-state index is 0.102. The first kappa shape index (κ1) is 21.1. The van der Waals surface area contributed by atoms with Crippen LogP contribution >= 0.6 is 11.8 Å². The van der Waals surface area contributed by atoms with Gasteiger partial charge in [0.2, 0.25) is 5.91 Å². The molecular formula is C25H33N3O2S. The number of piperidine rings is 1. The van der Waals surface area contributed by atoms with Crippen LogP contribution < -0.4 is 5.32 Å². The SMILES string of the molecule is CC1(C2CCN(C(=O)/C=C/c3ccccc3)CC2)OCN=C(N[C@H]2C[C@@H]3CC[C@H]2C3)S1. The Kier molecular flexibility index (Phi) is 6.11. The molecule has 4 aliphatic rings. The second kappa shape index (κ2) is 8.99. The summed E-state index contributed by atoms with van der Waals surface area (Å²) in [5.74, 6) is 2.29. The van der Waals surface area contributed by atoms with Gasteiger partial charge in [0.1, 0.15) is 11.7 Å². The second-order valence-electron chi connectivity index (χ2n) is 9.62. The largest absolute Gasteiger partial charge is 0.362 e. The number of aliphatic imine (C=N–C) groups is 1. The van der Waals surface area contributed by atoms with E-state index in [0.717, 1.165) is 48.5 Å². The van der Waals surface area contributed by atoms with E-state index in [1.54, 1.807) is 17.8 Å². The lowest BCUT2D eigenvalue weighted by molar-refractivity contribution is -0.128. The number of carbonyl (C=O) groups is 1. The number of carbonyl (C=O) groups excluding carboxylic acids is 1. The molecule has 2 bridgehead atoms. The molecule has 0 radical (unpaired) electrons. The van der Waals surface area contributed by atoms with Gasteiger partial charge >= 0.3 is 0 Å². The van der Waals surface area contributed by atoms with E-state index in [2.05, 4.69) is 17.2 Å². The predicted molar refractivity (Wildman–Crippen MR) is 127 cm³/mol. The molecule has 0 aromatic heterocycles. The number of nitrogens with zero attached hydrogens (tertiary/aromatic N) is 2. The number of likely N-dealkylation sites (tertiary alicyclic amines) is 1. The number of hydrogen-bond donors (Lipinski definition) is 1. The van der Waals surface area contributed by atoms with Gasteiger partial charge in [-0.25, -0.2) is 4.99 Å². The summed E-state index contributed by atoms with van der Waals surface area (Å²) in [6.07, 6.45) is 11.0. The molecule has 1 saturated heterocycles. The first-order chi connectivity index (χ1) is 15.1. The van der Waals surface area contributed by atoms with E-state index in [1.165, 1.54) is 25.7 Å². The molecule has 4 atom stereocenters. The summed E-state index contributed by atoms with van der Waals surface area (Å²) < 4.78 is 6.18. The standard InChI is InChI=1S/C25H33N3O2S/c1-25(30-17-26-24(31-25)27-22-16-19-7-9-20(22)15-19)21-11-13-28(14-12-21)23(29)10-8-18-5-3-2-4-6-18/h2-6,8,10,19-22H,7,9,11-17H2,1H3,(H,26,27)/b10-8+/t19-,20+,22+,25?/m1/s1. The van der Waals surface area contributed by atoms with Gasteiger partial charge in [-0.2, -0.15) is 0 Å². The fraction of sp³-hybridized carbons (Fsp3) is 0.600. The number of amidine groups is 1. The Labute approximate surface area is 189 Å². The topological polar surface area (TPSA) is 53.9 Å². The van der Waals surface area contributed by atoms with Crippen LogP contribution in [0.1, 0.15) is 51.0 Å². The molecule has 1 aromatic rings. The maximum Gasteiger partial charge on any atom is 0.246 e. The van der Waals surface area contributed by atoms with Crippen molar-refractivity contribution in [1.82, 2.24) is 10.2 Å². The van der Waals surface area contributed by atoms with E-state index in [1.807, 2.05) is 41.3 Å². The van der Waals surface area contributed by atoms with Crippen LogP contribution in [0.15, 0.2) is 41.4 Å². The van der Waals surface area contributed by atoms with Crippen molar-refractivity contribution < 1.29 is 9.53 Å². The highest BCUT2D eigenvalue weighted by Gasteiger charge is 2.44. The third-order valence-electron chi connectivity index (χ3n) is 7.67. The fourth-order valence-electron chi connectivity index (χ4n) is 5.79. The lowest BCUT2D eigenvalue weighted by Gasteiger charge is -2.43. The van der Waals surface area contributed by atoms with Crippen LogP contribution in [-0.2, 0) is 9.53 Å². The van der Waals surface area contributed by atoms with E-state index in [-0.39, 0.29) is 10.8 Å². The van der Waals surface area contributed by atoms with E-state index in [4.69, 9.17) is 4.74 Å². The summed E-state index contributed by atoms with van der Waals surface area (Å²) in [5, 5.41) is 4.83. The molecule has 6 heteroatoms. The monoisotopic (exact) mass is 439 g/mol. The highest BCUT2D eigenvalue weighted by molar-refractivity contribution is 8.14. The molecule has 166 valence electrons. The molecule has 0 spiro atoms. The molecule has 5 rings (SSSR count). The average molecular weight is 440 g/mol. The number of thioether (sulfide) groups is 1. The van der Waals surface area contributed by atoms with Gasteiger partial charge in [0.05, 0.1) is 0 Å². The lowest BCUT2D eigenvalue weighted by Crippen LogP contribution is -2.48. The van der Waals surface area contributed by atoms with Crippen molar-refractivity contribution in [2.45, 2.75) is 56.4 Å². The fourth-order valence-corrected chi connectivity index (χ4v) is 7.02. The van der Waals surface area contributed by atoms with E-state index in [0.29, 0.717) is 18.7 Å². The molecule has 2 heterocycles. The van der Waals surface area contributed by atoms with Crippen LogP contribution in [0.4, 0.5) is 0 Å². The summed E-state index contributed by atoms with van der Waals surface area (Å²) in [6.45, 7) is 4.22. The molecule has 2 aliphatic heterocycles. The van der Waals surface area contributed by atoms with E-state index < -0.39 is 0 Å². The third-order valence-corrected chi connectivity index (χ3v) is 8.97. The summed E-state index contributed by atoms with van der Waals surface area (Å²) in [7, 11) is 0. The van der Waals surface area contributed by atoms with Gasteiger partial charge < -0.3 is 15.0 Å². The Morgan fingerprint density at radius 1 is 1.19 bits per heavy atom. The van der Waals surface area contributed by atoms with Crippen molar-refractivity contribution in [1.29, 1.82) is 0 Å². The van der Waals surface area contributed by atoms with Gasteiger partial charge in [0.25, 0.3) is 0 Å². The summed E-state index contributed by atoms with van der Waals surface area (Å²) in [5.41, 5.74) is 1.06. The van der Waals surface area contributed by atoms with Gasteiger partial charge in [0, 0.05) is 31.1 Å². The van der Waals surface area contributed by atoms with Crippen LogP contribution in [0, 0.1) is 17.8 Å².